The first-order valence-corrected chi connectivity index (χ1v) is 8.45. The first-order chi connectivity index (χ1) is 11.9. The molecule has 5 nitrogen and oxygen atoms in total. The van der Waals surface area contributed by atoms with Crippen molar-refractivity contribution >= 4 is 23.2 Å². The van der Waals surface area contributed by atoms with E-state index in [4.69, 9.17) is 26.8 Å². The van der Waals surface area contributed by atoms with Crippen molar-refractivity contribution in [2.45, 2.75) is 27.3 Å². The molecule has 3 N–H and O–H groups in total. The summed E-state index contributed by atoms with van der Waals surface area (Å²) in [5, 5.41) is 3.59. The summed E-state index contributed by atoms with van der Waals surface area (Å²) in [5.74, 6) is 1.47. The molecule has 0 spiro atoms. The van der Waals surface area contributed by atoms with E-state index in [-0.39, 0.29) is 0 Å². The van der Waals surface area contributed by atoms with Gasteiger partial charge in [-0.25, -0.2) is 4.99 Å². The van der Waals surface area contributed by atoms with Crippen molar-refractivity contribution in [2.75, 3.05) is 19.0 Å². The smallest absolute Gasteiger partial charge is 0.193 e. The Morgan fingerprint density at radius 3 is 2.60 bits per heavy atom. The van der Waals surface area contributed by atoms with Crippen molar-refractivity contribution in [1.82, 2.24) is 0 Å². The Bertz CT molecular complexity index is 776. The number of methoxy groups -OCH3 is 1. The van der Waals surface area contributed by atoms with Gasteiger partial charge in [0.1, 0.15) is 0 Å². The molecule has 0 aliphatic rings. The van der Waals surface area contributed by atoms with Crippen LogP contribution in [0.4, 0.5) is 5.69 Å². The largest absolute Gasteiger partial charge is 0.493 e. The van der Waals surface area contributed by atoms with Crippen molar-refractivity contribution in [1.29, 1.82) is 0 Å². The molecule has 0 unspecified atom stereocenters. The maximum atomic E-state index is 6.27. The number of nitrogens with zero attached hydrogens (tertiary/aromatic N) is 1. The van der Waals surface area contributed by atoms with Gasteiger partial charge in [0.25, 0.3) is 0 Å². The van der Waals surface area contributed by atoms with Gasteiger partial charge in [0.05, 0.1) is 25.3 Å². The molecule has 0 aliphatic heterocycles. The van der Waals surface area contributed by atoms with E-state index < -0.39 is 0 Å². The molecule has 6 heteroatoms. The highest BCUT2D eigenvalue weighted by atomic mass is 35.5. The van der Waals surface area contributed by atoms with Crippen molar-refractivity contribution < 1.29 is 9.47 Å². The minimum absolute atomic E-state index is 0.340. The number of ether oxygens (including phenoxy) is 2. The molecule has 0 radical (unpaired) electrons. The van der Waals surface area contributed by atoms with Crippen molar-refractivity contribution in [3.63, 3.8) is 0 Å². The maximum absolute atomic E-state index is 6.27. The summed E-state index contributed by atoms with van der Waals surface area (Å²) >= 11 is 6.27. The Balaban J connectivity index is 2.11. The quantitative estimate of drug-likeness (QED) is 0.594. The number of nitrogens with two attached hydrogens (primary N) is 1. The molecular formula is C19H24ClN3O2. The molecule has 25 heavy (non-hydrogen) atoms. The summed E-state index contributed by atoms with van der Waals surface area (Å²) in [6, 6.07) is 9.71. The van der Waals surface area contributed by atoms with E-state index >= 15 is 0 Å². The second-order valence-corrected chi connectivity index (χ2v) is 6.07. The second kappa shape index (κ2) is 8.62. The van der Waals surface area contributed by atoms with Crippen LogP contribution in [0.1, 0.15) is 23.6 Å². The van der Waals surface area contributed by atoms with Gasteiger partial charge in [-0.3, -0.25) is 0 Å². The Morgan fingerprint density at radius 1 is 1.20 bits per heavy atom. The molecule has 0 bridgehead atoms. The molecule has 0 saturated heterocycles. The lowest BCUT2D eigenvalue weighted by Crippen LogP contribution is -2.22. The van der Waals surface area contributed by atoms with E-state index in [0.29, 0.717) is 35.6 Å². The van der Waals surface area contributed by atoms with Crippen LogP contribution in [0.15, 0.2) is 35.3 Å². The van der Waals surface area contributed by atoms with Crippen LogP contribution < -0.4 is 20.5 Å². The molecule has 0 heterocycles. The van der Waals surface area contributed by atoms with Crippen LogP contribution in [0.5, 0.6) is 11.5 Å². The number of rotatable bonds is 6. The van der Waals surface area contributed by atoms with E-state index in [1.165, 1.54) is 11.1 Å². The fraction of sp³-hybridized carbons (Fsp3) is 0.316. The zero-order valence-electron chi connectivity index (χ0n) is 15.0. The maximum Gasteiger partial charge on any atom is 0.193 e. The van der Waals surface area contributed by atoms with Crippen LogP contribution in [-0.4, -0.2) is 19.7 Å². The minimum atomic E-state index is 0.340. The molecule has 0 amide bonds. The fourth-order valence-electron chi connectivity index (χ4n) is 2.33. The average molecular weight is 362 g/mol. The summed E-state index contributed by atoms with van der Waals surface area (Å²) < 4.78 is 10.9. The van der Waals surface area contributed by atoms with Gasteiger partial charge >= 0.3 is 0 Å². The lowest BCUT2D eigenvalue weighted by Gasteiger charge is -2.13. The second-order valence-electron chi connectivity index (χ2n) is 5.67. The molecule has 0 saturated carbocycles. The molecule has 2 aromatic carbocycles. The van der Waals surface area contributed by atoms with Gasteiger partial charge in [-0.2, -0.15) is 0 Å². The summed E-state index contributed by atoms with van der Waals surface area (Å²) in [5.41, 5.74) is 10.2. The van der Waals surface area contributed by atoms with Crippen LogP contribution in [0, 0.1) is 13.8 Å². The number of anilines is 1. The van der Waals surface area contributed by atoms with Crippen molar-refractivity contribution in [2.24, 2.45) is 10.7 Å². The zero-order chi connectivity index (χ0) is 18.4. The first kappa shape index (κ1) is 18.9. The van der Waals surface area contributed by atoms with Gasteiger partial charge in [-0.1, -0.05) is 17.7 Å². The number of nitrogens with one attached hydrogen (secondary N) is 1. The number of aliphatic imine (C=N–C) groups is 1. The van der Waals surface area contributed by atoms with E-state index in [9.17, 15) is 0 Å². The van der Waals surface area contributed by atoms with E-state index in [2.05, 4.69) is 24.2 Å². The first-order valence-electron chi connectivity index (χ1n) is 8.08. The standard InChI is InChI=1S/C19H24ClN3O2/c1-5-25-18-16(20)9-14(10-17(18)24-4)11-22-19(21)23-15-7-6-12(2)13(3)8-15/h6-10H,5,11H2,1-4H3,(H3,21,22,23). The topological polar surface area (TPSA) is 68.9 Å². The van der Waals surface area contributed by atoms with Gasteiger partial charge in [0.15, 0.2) is 17.5 Å². The Kier molecular flexibility index (Phi) is 6.53. The SMILES string of the molecule is CCOc1c(Cl)cc(CN=C(N)Nc2ccc(C)c(C)c2)cc1OC. The fourth-order valence-corrected chi connectivity index (χ4v) is 2.62. The predicted octanol–water partition coefficient (Wildman–Crippen LogP) is 4.29. The molecule has 0 aromatic heterocycles. The molecule has 0 fully saturated rings. The predicted molar refractivity (Wildman–Crippen MR) is 104 cm³/mol. The Morgan fingerprint density at radius 2 is 1.96 bits per heavy atom. The van der Waals surface area contributed by atoms with Crippen molar-refractivity contribution in [3.8, 4) is 11.5 Å². The third kappa shape index (κ3) is 5.03. The molecule has 2 rings (SSSR count). The molecule has 134 valence electrons. The number of benzene rings is 2. The van der Waals surface area contributed by atoms with Gasteiger partial charge in [-0.05, 0) is 61.7 Å². The summed E-state index contributed by atoms with van der Waals surface area (Å²) in [6.45, 7) is 6.92. The number of halogens is 1. The lowest BCUT2D eigenvalue weighted by atomic mass is 10.1. The third-order valence-corrected chi connectivity index (χ3v) is 4.07. The summed E-state index contributed by atoms with van der Waals surface area (Å²) in [4.78, 5) is 4.36. The molecule has 2 aromatic rings. The van der Waals surface area contributed by atoms with E-state index in [1.807, 2.05) is 37.3 Å². The molecule has 0 atom stereocenters. The van der Waals surface area contributed by atoms with Crippen LogP contribution in [0.2, 0.25) is 5.02 Å². The van der Waals surface area contributed by atoms with Gasteiger partial charge in [0.2, 0.25) is 0 Å². The normalized spacial score (nSPS) is 11.3. The number of guanidine groups is 1. The average Bonchev–Trinajstić information content (AvgIpc) is 2.58. The molecular weight excluding hydrogens is 338 g/mol. The number of aryl methyl sites for hydroxylation is 2. The van der Waals surface area contributed by atoms with Crippen LogP contribution >= 0.6 is 11.6 Å². The lowest BCUT2D eigenvalue weighted by molar-refractivity contribution is 0.311. The van der Waals surface area contributed by atoms with Crippen molar-refractivity contribution in [3.05, 3.63) is 52.0 Å². The minimum Gasteiger partial charge on any atom is -0.493 e. The van der Waals surface area contributed by atoms with Gasteiger partial charge in [0, 0.05) is 5.69 Å². The van der Waals surface area contributed by atoms with E-state index in [1.54, 1.807) is 7.11 Å². The highest BCUT2D eigenvalue weighted by molar-refractivity contribution is 6.32. The zero-order valence-corrected chi connectivity index (χ0v) is 15.8. The van der Waals surface area contributed by atoms with Crippen LogP contribution in [0.3, 0.4) is 0 Å². The van der Waals surface area contributed by atoms with Gasteiger partial charge in [-0.15, -0.1) is 0 Å². The Hall–Kier alpha value is -2.40. The summed E-state index contributed by atoms with van der Waals surface area (Å²) in [7, 11) is 1.58. The number of hydrogen-bond donors (Lipinski definition) is 2. The highest BCUT2D eigenvalue weighted by Crippen LogP contribution is 2.36. The molecule has 0 aliphatic carbocycles. The van der Waals surface area contributed by atoms with Crippen LogP contribution in [-0.2, 0) is 6.54 Å². The Labute approximate surface area is 153 Å². The third-order valence-electron chi connectivity index (χ3n) is 3.79. The van der Waals surface area contributed by atoms with E-state index in [0.717, 1.165) is 11.3 Å². The van der Waals surface area contributed by atoms with Gasteiger partial charge < -0.3 is 20.5 Å². The highest BCUT2D eigenvalue weighted by Gasteiger charge is 2.11. The van der Waals surface area contributed by atoms with Crippen LogP contribution in [0.25, 0.3) is 0 Å². The monoisotopic (exact) mass is 361 g/mol. The number of hydrogen-bond acceptors (Lipinski definition) is 3. The summed E-state index contributed by atoms with van der Waals surface area (Å²) in [6.07, 6.45) is 0.